The molecule has 0 aromatic carbocycles. The van der Waals surface area contributed by atoms with Gasteiger partial charge in [0.05, 0.1) is 6.61 Å². The third-order valence-corrected chi connectivity index (χ3v) is 2.97. The lowest BCUT2D eigenvalue weighted by Gasteiger charge is -2.36. The van der Waals surface area contributed by atoms with Gasteiger partial charge in [-0.2, -0.15) is 0 Å². The van der Waals surface area contributed by atoms with E-state index >= 15 is 0 Å². The van der Waals surface area contributed by atoms with Gasteiger partial charge in [-0.25, -0.2) is 0 Å². The van der Waals surface area contributed by atoms with Crippen molar-refractivity contribution in [2.24, 2.45) is 10.8 Å². The average molecular weight is 171 g/mol. The summed E-state index contributed by atoms with van der Waals surface area (Å²) in [6.07, 6.45) is 2.35. The van der Waals surface area contributed by atoms with Gasteiger partial charge in [-0.1, -0.05) is 20.8 Å². The van der Waals surface area contributed by atoms with E-state index in [2.05, 4.69) is 26.1 Å². The molecular weight excluding hydrogens is 150 g/mol. The molecule has 72 valence electrons. The van der Waals surface area contributed by atoms with Crippen LogP contribution in [0.4, 0.5) is 0 Å². The molecule has 0 heterocycles. The van der Waals surface area contributed by atoms with Crippen molar-refractivity contribution in [3.8, 4) is 0 Å². The molecule has 1 aliphatic carbocycles. The highest BCUT2D eigenvalue weighted by Gasteiger charge is 2.52. The molecule has 0 amide bonds. The molecule has 0 aliphatic heterocycles. The molecule has 0 aromatic rings. The van der Waals surface area contributed by atoms with Gasteiger partial charge in [-0.05, 0) is 25.3 Å². The second kappa shape index (κ2) is 3.00. The van der Waals surface area contributed by atoms with Crippen molar-refractivity contribution < 1.29 is 5.11 Å². The van der Waals surface area contributed by atoms with Crippen molar-refractivity contribution in [1.29, 1.82) is 0 Å². The van der Waals surface area contributed by atoms with Crippen molar-refractivity contribution >= 4 is 0 Å². The van der Waals surface area contributed by atoms with Crippen molar-refractivity contribution in [3.05, 3.63) is 0 Å². The van der Waals surface area contributed by atoms with E-state index in [1.54, 1.807) is 0 Å². The smallest absolute Gasteiger partial charge is 0.0502 e. The lowest BCUT2D eigenvalue weighted by molar-refractivity contribution is 0.113. The quantitative estimate of drug-likeness (QED) is 0.672. The van der Waals surface area contributed by atoms with E-state index in [-0.39, 0.29) is 10.8 Å². The van der Waals surface area contributed by atoms with Gasteiger partial charge in [-0.15, -0.1) is 0 Å². The van der Waals surface area contributed by atoms with Crippen LogP contribution in [0, 0.1) is 10.8 Å². The van der Waals surface area contributed by atoms with Crippen LogP contribution in [0.5, 0.6) is 0 Å². The number of rotatable bonds is 3. The van der Waals surface area contributed by atoms with Gasteiger partial charge < -0.3 is 10.4 Å². The highest BCUT2D eigenvalue weighted by molar-refractivity contribution is 5.05. The minimum atomic E-state index is 0.188. The molecule has 1 atom stereocenters. The molecule has 1 aliphatic rings. The SMILES string of the molecule is CNC(C(C)(C)C)C1(CO)CC1. The molecule has 1 fully saturated rings. The van der Waals surface area contributed by atoms with Gasteiger partial charge in [0.15, 0.2) is 0 Å². The summed E-state index contributed by atoms with van der Waals surface area (Å²) in [5.74, 6) is 0. The first-order valence-corrected chi connectivity index (χ1v) is 4.74. The summed E-state index contributed by atoms with van der Waals surface area (Å²) >= 11 is 0. The molecule has 0 spiro atoms. The molecule has 2 heteroatoms. The topological polar surface area (TPSA) is 32.3 Å². The van der Waals surface area contributed by atoms with Crippen molar-refractivity contribution in [3.63, 3.8) is 0 Å². The average Bonchev–Trinajstić information content (AvgIpc) is 2.68. The number of hydrogen-bond acceptors (Lipinski definition) is 2. The van der Waals surface area contributed by atoms with Crippen LogP contribution in [0.15, 0.2) is 0 Å². The van der Waals surface area contributed by atoms with Crippen LogP contribution >= 0.6 is 0 Å². The zero-order valence-electron chi connectivity index (χ0n) is 8.65. The molecule has 1 rings (SSSR count). The van der Waals surface area contributed by atoms with Crippen LogP contribution in [0.3, 0.4) is 0 Å². The van der Waals surface area contributed by atoms with Gasteiger partial charge in [0.2, 0.25) is 0 Å². The van der Waals surface area contributed by atoms with Crippen LogP contribution in [-0.4, -0.2) is 24.8 Å². The second-order valence-corrected chi connectivity index (χ2v) is 5.11. The molecule has 0 radical (unpaired) electrons. The van der Waals surface area contributed by atoms with Gasteiger partial charge in [0.1, 0.15) is 0 Å². The highest BCUT2D eigenvalue weighted by atomic mass is 16.3. The van der Waals surface area contributed by atoms with Crippen LogP contribution in [0.25, 0.3) is 0 Å². The summed E-state index contributed by atoms with van der Waals surface area (Å²) in [6.45, 7) is 7.01. The predicted molar refractivity (Wildman–Crippen MR) is 51.1 cm³/mol. The zero-order valence-corrected chi connectivity index (χ0v) is 8.65. The van der Waals surface area contributed by atoms with E-state index in [0.29, 0.717) is 12.6 Å². The first-order valence-electron chi connectivity index (χ1n) is 4.74. The Morgan fingerprint density at radius 3 is 2.00 bits per heavy atom. The Hall–Kier alpha value is -0.0800. The zero-order chi connectivity index (χ0) is 9.41. The minimum Gasteiger partial charge on any atom is -0.396 e. The summed E-state index contributed by atoms with van der Waals surface area (Å²) in [4.78, 5) is 0. The molecule has 0 bridgehead atoms. The summed E-state index contributed by atoms with van der Waals surface area (Å²) < 4.78 is 0. The van der Waals surface area contributed by atoms with E-state index in [1.807, 2.05) is 7.05 Å². The fraction of sp³-hybridized carbons (Fsp3) is 1.00. The van der Waals surface area contributed by atoms with Gasteiger partial charge >= 0.3 is 0 Å². The molecule has 2 N–H and O–H groups in total. The predicted octanol–water partition coefficient (Wildman–Crippen LogP) is 1.39. The number of hydrogen-bond donors (Lipinski definition) is 2. The summed E-state index contributed by atoms with van der Waals surface area (Å²) in [7, 11) is 1.99. The Balaban J connectivity index is 2.69. The van der Waals surface area contributed by atoms with E-state index in [9.17, 15) is 5.11 Å². The number of nitrogens with one attached hydrogen (secondary N) is 1. The normalized spacial score (nSPS) is 23.8. The lowest BCUT2D eigenvalue weighted by Crippen LogP contribution is -2.46. The molecule has 12 heavy (non-hydrogen) atoms. The van der Waals surface area contributed by atoms with Crippen molar-refractivity contribution in [1.82, 2.24) is 5.32 Å². The molecule has 0 aromatic heterocycles. The first-order chi connectivity index (χ1) is 5.46. The Labute approximate surface area is 75.4 Å². The van der Waals surface area contributed by atoms with E-state index in [0.717, 1.165) is 0 Å². The summed E-state index contributed by atoms with van der Waals surface area (Å²) in [6, 6.07) is 0.440. The number of aliphatic hydroxyl groups is 1. The molecule has 0 saturated heterocycles. The van der Waals surface area contributed by atoms with E-state index in [4.69, 9.17) is 0 Å². The fourth-order valence-corrected chi connectivity index (χ4v) is 2.36. The fourth-order valence-electron chi connectivity index (χ4n) is 2.36. The third-order valence-electron chi connectivity index (χ3n) is 2.97. The molecule has 1 saturated carbocycles. The first kappa shape index (κ1) is 10.0. The standard InChI is InChI=1S/C10H21NO/c1-9(2,3)8(11-4)10(7-12)5-6-10/h8,11-12H,5-7H2,1-4H3. The van der Waals surface area contributed by atoms with E-state index in [1.165, 1.54) is 12.8 Å². The molecular formula is C10H21NO. The Morgan fingerprint density at radius 1 is 1.42 bits per heavy atom. The Bertz CT molecular complexity index is 156. The maximum absolute atomic E-state index is 9.28. The lowest BCUT2D eigenvalue weighted by atomic mass is 9.77. The minimum absolute atomic E-state index is 0.188. The van der Waals surface area contributed by atoms with Gasteiger partial charge in [0, 0.05) is 11.5 Å². The summed E-state index contributed by atoms with van der Waals surface area (Å²) in [5, 5.41) is 12.6. The van der Waals surface area contributed by atoms with Crippen LogP contribution in [0.1, 0.15) is 33.6 Å². The van der Waals surface area contributed by atoms with Gasteiger partial charge in [0.25, 0.3) is 0 Å². The van der Waals surface area contributed by atoms with Crippen LogP contribution in [0.2, 0.25) is 0 Å². The van der Waals surface area contributed by atoms with E-state index < -0.39 is 0 Å². The summed E-state index contributed by atoms with van der Waals surface area (Å²) in [5.41, 5.74) is 0.432. The van der Waals surface area contributed by atoms with Gasteiger partial charge in [-0.3, -0.25) is 0 Å². The second-order valence-electron chi connectivity index (χ2n) is 5.11. The van der Waals surface area contributed by atoms with Crippen LogP contribution in [-0.2, 0) is 0 Å². The highest BCUT2D eigenvalue weighted by Crippen LogP contribution is 2.52. The van der Waals surface area contributed by atoms with Crippen LogP contribution < -0.4 is 5.32 Å². The molecule has 1 unspecified atom stereocenters. The number of aliphatic hydroxyl groups excluding tert-OH is 1. The monoisotopic (exact) mass is 171 g/mol. The Morgan fingerprint density at radius 2 is 1.92 bits per heavy atom. The largest absolute Gasteiger partial charge is 0.396 e. The maximum Gasteiger partial charge on any atom is 0.0502 e. The Kier molecular flexibility index (Phi) is 2.50. The van der Waals surface area contributed by atoms with Crippen molar-refractivity contribution in [2.45, 2.75) is 39.7 Å². The maximum atomic E-state index is 9.28. The molecule has 2 nitrogen and oxygen atoms in total. The van der Waals surface area contributed by atoms with Crippen molar-refractivity contribution in [2.75, 3.05) is 13.7 Å². The third kappa shape index (κ3) is 1.64.